The van der Waals surface area contributed by atoms with Gasteiger partial charge in [-0.25, -0.2) is 13.2 Å². The number of anilines is 1. The summed E-state index contributed by atoms with van der Waals surface area (Å²) < 4.78 is 27.0. The maximum atomic E-state index is 12.3. The molecular formula is C12H13N3O4S2. The molecule has 0 bridgehead atoms. The number of hydrogen-bond donors (Lipinski definition) is 2. The summed E-state index contributed by atoms with van der Waals surface area (Å²) in [6, 6.07) is 4.10. The van der Waals surface area contributed by atoms with Crippen LogP contribution in [0.2, 0.25) is 0 Å². The highest BCUT2D eigenvalue weighted by Crippen LogP contribution is 2.23. The molecule has 0 aliphatic rings. The van der Waals surface area contributed by atoms with Crippen LogP contribution in [0.4, 0.5) is 5.13 Å². The third kappa shape index (κ3) is 3.19. The second-order valence-corrected chi connectivity index (χ2v) is 6.91. The standard InChI is InChI=1S/C12H13N3O4S2/c1-3-10-13-14-12(20-10)15-21(18,19)9-6-4-5-8(7(9)2)11(16)17/h4-6H,3H2,1-2H3,(H,14,15)(H,16,17). The van der Waals surface area contributed by atoms with Crippen LogP contribution in [-0.2, 0) is 16.4 Å². The number of aryl methyl sites for hydroxylation is 1. The summed E-state index contributed by atoms with van der Waals surface area (Å²) in [5.74, 6) is -1.17. The minimum absolute atomic E-state index is 0.0515. The van der Waals surface area contributed by atoms with E-state index in [4.69, 9.17) is 5.11 Å². The molecule has 112 valence electrons. The Morgan fingerprint density at radius 2 is 2.10 bits per heavy atom. The van der Waals surface area contributed by atoms with E-state index in [9.17, 15) is 13.2 Å². The van der Waals surface area contributed by atoms with Gasteiger partial charge >= 0.3 is 5.97 Å². The van der Waals surface area contributed by atoms with Gasteiger partial charge in [0, 0.05) is 0 Å². The molecule has 0 aliphatic carbocycles. The molecule has 0 aliphatic heterocycles. The van der Waals surface area contributed by atoms with Crippen LogP contribution in [0.15, 0.2) is 23.1 Å². The van der Waals surface area contributed by atoms with Gasteiger partial charge in [-0.2, -0.15) is 0 Å². The summed E-state index contributed by atoms with van der Waals surface area (Å²) >= 11 is 1.14. The van der Waals surface area contributed by atoms with E-state index in [1.165, 1.54) is 25.1 Å². The molecule has 2 rings (SSSR count). The lowest BCUT2D eigenvalue weighted by molar-refractivity contribution is 0.0696. The molecule has 2 aromatic rings. The average Bonchev–Trinajstić information content (AvgIpc) is 2.85. The molecule has 1 aromatic heterocycles. The van der Waals surface area contributed by atoms with Crippen molar-refractivity contribution in [3.05, 3.63) is 34.3 Å². The minimum atomic E-state index is -3.90. The van der Waals surface area contributed by atoms with E-state index in [0.717, 1.165) is 11.3 Å². The summed E-state index contributed by atoms with van der Waals surface area (Å²) in [4.78, 5) is 11.0. The largest absolute Gasteiger partial charge is 0.478 e. The van der Waals surface area contributed by atoms with Gasteiger partial charge in [0.15, 0.2) is 0 Å². The zero-order valence-electron chi connectivity index (χ0n) is 11.3. The summed E-state index contributed by atoms with van der Waals surface area (Å²) in [6.45, 7) is 3.34. The highest BCUT2D eigenvalue weighted by molar-refractivity contribution is 7.93. The summed E-state index contributed by atoms with van der Waals surface area (Å²) in [7, 11) is -3.90. The fourth-order valence-electron chi connectivity index (χ4n) is 1.74. The van der Waals surface area contributed by atoms with Crippen molar-refractivity contribution in [2.45, 2.75) is 25.2 Å². The van der Waals surface area contributed by atoms with Gasteiger partial charge in [-0.3, -0.25) is 4.72 Å². The van der Waals surface area contributed by atoms with Crippen LogP contribution in [0.25, 0.3) is 0 Å². The molecule has 0 amide bonds. The van der Waals surface area contributed by atoms with Crippen molar-refractivity contribution in [2.75, 3.05) is 4.72 Å². The third-order valence-electron chi connectivity index (χ3n) is 2.79. The number of aromatic carboxylic acids is 1. The highest BCUT2D eigenvalue weighted by atomic mass is 32.2. The Balaban J connectivity index is 2.40. The van der Waals surface area contributed by atoms with E-state index in [-0.39, 0.29) is 21.2 Å². The van der Waals surface area contributed by atoms with Crippen LogP contribution in [0.3, 0.4) is 0 Å². The zero-order valence-corrected chi connectivity index (χ0v) is 13.0. The smallest absolute Gasteiger partial charge is 0.335 e. The van der Waals surface area contributed by atoms with E-state index in [2.05, 4.69) is 14.9 Å². The Kier molecular flexibility index (Phi) is 4.24. The van der Waals surface area contributed by atoms with Crippen LogP contribution in [0, 0.1) is 6.92 Å². The second kappa shape index (κ2) is 5.78. The van der Waals surface area contributed by atoms with Crippen molar-refractivity contribution >= 4 is 32.5 Å². The Labute approximate surface area is 125 Å². The SMILES string of the molecule is CCc1nnc(NS(=O)(=O)c2cccc(C(=O)O)c2C)s1. The van der Waals surface area contributed by atoms with E-state index < -0.39 is 16.0 Å². The molecule has 2 N–H and O–H groups in total. The third-order valence-corrected chi connectivity index (χ3v) is 5.39. The molecule has 0 atom stereocenters. The molecule has 9 heteroatoms. The fourth-order valence-corrected chi connectivity index (χ4v) is 3.92. The molecular weight excluding hydrogens is 314 g/mol. The van der Waals surface area contributed by atoms with Gasteiger partial charge in [-0.15, -0.1) is 10.2 Å². The van der Waals surface area contributed by atoms with Gasteiger partial charge in [0.2, 0.25) is 5.13 Å². The number of carboxylic acid groups (broad SMARTS) is 1. The van der Waals surface area contributed by atoms with Crippen LogP contribution in [-0.4, -0.2) is 29.7 Å². The molecule has 1 aromatic carbocycles. The van der Waals surface area contributed by atoms with Crippen molar-refractivity contribution < 1.29 is 18.3 Å². The summed E-state index contributed by atoms with van der Waals surface area (Å²) in [5, 5.41) is 17.5. The Morgan fingerprint density at radius 3 is 2.67 bits per heavy atom. The van der Waals surface area contributed by atoms with Gasteiger partial charge < -0.3 is 5.11 Å². The summed E-state index contributed by atoms with van der Waals surface area (Å²) in [6.07, 6.45) is 0.660. The maximum absolute atomic E-state index is 12.3. The van der Waals surface area contributed by atoms with Crippen LogP contribution in [0.5, 0.6) is 0 Å². The lowest BCUT2D eigenvalue weighted by atomic mass is 10.1. The zero-order chi connectivity index (χ0) is 15.6. The number of rotatable bonds is 5. The normalized spacial score (nSPS) is 11.3. The first-order valence-electron chi connectivity index (χ1n) is 6.03. The molecule has 0 spiro atoms. The topological polar surface area (TPSA) is 109 Å². The number of nitrogens with one attached hydrogen (secondary N) is 1. The average molecular weight is 327 g/mol. The maximum Gasteiger partial charge on any atom is 0.335 e. The van der Waals surface area contributed by atoms with Crippen molar-refractivity contribution in [1.29, 1.82) is 0 Å². The number of nitrogens with zero attached hydrogens (tertiary/aromatic N) is 2. The first-order valence-corrected chi connectivity index (χ1v) is 8.33. The van der Waals surface area contributed by atoms with Crippen molar-refractivity contribution in [3.8, 4) is 0 Å². The molecule has 1 heterocycles. The lowest BCUT2D eigenvalue weighted by Crippen LogP contribution is -2.15. The predicted molar refractivity (Wildman–Crippen MR) is 78.2 cm³/mol. The van der Waals surface area contributed by atoms with Gasteiger partial charge in [-0.1, -0.05) is 24.3 Å². The Bertz CT molecular complexity index is 784. The van der Waals surface area contributed by atoms with E-state index >= 15 is 0 Å². The first-order chi connectivity index (χ1) is 9.85. The monoisotopic (exact) mass is 327 g/mol. The van der Waals surface area contributed by atoms with Gasteiger partial charge in [0.1, 0.15) is 5.01 Å². The van der Waals surface area contributed by atoms with Gasteiger partial charge in [0.25, 0.3) is 10.0 Å². The lowest BCUT2D eigenvalue weighted by Gasteiger charge is -2.09. The van der Waals surface area contributed by atoms with Crippen LogP contribution >= 0.6 is 11.3 Å². The number of hydrogen-bond acceptors (Lipinski definition) is 6. The highest BCUT2D eigenvalue weighted by Gasteiger charge is 2.22. The van der Waals surface area contributed by atoms with Crippen molar-refractivity contribution in [2.24, 2.45) is 0 Å². The number of aromatic nitrogens is 2. The number of benzene rings is 1. The first kappa shape index (κ1) is 15.4. The van der Waals surface area contributed by atoms with Crippen molar-refractivity contribution in [3.63, 3.8) is 0 Å². The molecule has 21 heavy (non-hydrogen) atoms. The van der Waals surface area contributed by atoms with Crippen LogP contribution < -0.4 is 4.72 Å². The molecule has 0 saturated heterocycles. The minimum Gasteiger partial charge on any atom is -0.478 e. The van der Waals surface area contributed by atoms with E-state index in [1.54, 1.807) is 0 Å². The fraction of sp³-hybridized carbons (Fsp3) is 0.250. The number of carbonyl (C=O) groups is 1. The number of carboxylic acids is 1. The van der Waals surface area contributed by atoms with E-state index in [0.29, 0.717) is 11.4 Å². The molecule has 0 fully saturated rings. The van der Waals surface area contributed by atoms with Gasteiger partial charge in [0.05, 0.1) is 10.5 Å². The van der Waals surface area contributed by atoms with E-state index in [1.807, 2.05) is 6.92 Å². The molecule has 0 unspecified atom stereocenters. The molecule has 7 nitrogen and oxygen atoms in total. The molecule has 0 radical (unpaired) electrons. The Morgan fingerprint density at radius 1 is 1.38 bits per heavy atom. The Hall–Kier alpha value is -2.00. The van der Waals surface area contributed by atoms with Crippen LogP contribution in [0.1, 0.15) is 27.9 Å². The predicted octanol–water partition coefficient (Wildman–Crippen LogP) is 1.91. The second-order valence-electron chi connectivity index (χ2n) is 4.19. The van der Waals surface area contributed by atoms with Gasteiger partial charge in [-0.05, 0) is 31.0 Å². The van der Waals surface area contributed by atoms with Crippen molar-refractivity contribution in [1.82, 2.24) is 10.2 Å². The molecule has 0 saturated carbocycles. The quantitative estimate of drug-likeness (QED) is 0.868. The number of sulfonamides is 1. The summed E-state index contributed by atoms with van der Waals surface area (Å²) in [5.41, 5.74) is 0.127.